The number of carbonyl (C=O) groups excluding carboxylic acids is 2. The molecule has 1 spiro atoms. The van der Waals surface area contributed by atoms with Crippen LogP contribution < -0.4 is 10.2 Å². The summed E-state index contributed by atoms with van der Waals surface area (Å²) in [5.74, 6) is -2.38. The fraction of sp³-hybridized carbons (Fsp3) is 0.320. The van der Waals surface area contributed by atoms with E-state index in [4.69, 9.17) is 0 Å². The Labute approximate surface area is 208 Å². The minimum atomic E-state index is -4.82. The van der Waals surface area contributed by atoms with Crippen molar-refractivity contribution in [3.63, 3.8) is 0 Å². The van der Waals surface area contributed by atoms with Crippen molar-refractivity contribution in [1.29, 1.82) is 0 Å². The van der Waals surface area contributed by atoms with Gasteiger partial charge in [0.2, 0.25) is 5.91 Å². The van der Waals surface area contributed by atoms with Crippen molar-refractivity contribution in [2.45, 2.75) is 31.5 Å². The smallest absolute Gasteiger partial charge is 0.339 e. The molecule has 3 heterocycles. The van der Waals surface area contributed by atoms with Crippen LogP contribution in [0.25, 0.3) is 5.69 Å². The second kappa shape index (κ2) is 8.86. The third kappa shape index (κ3) is 4.30. The molecule has 2 amide bonds. The molecule has 2 aliphatic rings. The molecule has 0 atom stereocenters. The van der Waals surface area contributed by atoms with Gasteiger partial charge in [0.15, 0.2) is 5.69 Å². The van der Waals surface area contributed by atoms with Gasteiger partial charge in [0.05, 0.1) is 17.9 Å². The number of nitrogens with one attached hydrogen (secondary N) is 1. The third-order valence-corrected chi connectivity index (χ3v) is 6.96. The van der Waals surface area contributed by atoms with Gasteiger partial charge in [-0.15, -0.1) is 0 Å². The van der Waals surface area contributed by atoms with Crippen molar-refractivity contribution in [2.24, 2.45) is 0 Å². The van der Waals surface area contributed by atoms with Crippen LogP contribution in [0.15, 0.2) is 48.5 Å². The second-order valence-corrected chi connectivity index (χ2v) is 9.14. The first-order valence-electron chi connectivity index (χ1n) is 11.5. The molecule has 2 fully saturated rings. The predicted molar refractivity (Wildman–Crippen MR) is 123 cm³/mol. The maximum atomic E-state index is 14.1. The standard InChI is InChI=1S/C25H22F5N5O2/c1-15-12-21(32-35(15)18-6-7-19(20(27)13-18)25(28,29)30)22(36)33-10-8-24(9-11-33)23(37)31-14-34(24)17-4-2-16(26)3-5-17/h2-7,12-13H,8-11,14H2,1H3,(H,31,37). The first-order chi connectivity index (χ1) is 17.5. The second-order valence-electron chi connectivity index (χ2n) is 9.14. The minimum absolute atomic E-state index is 0.0530. The van der Waals surface area contributed by atoms with Crippen LogP contribution >= 0.6 is 0 Å². The third-order valence-electron chi connectivity index (χ3n) is 6.96. The molecule has 2 aromatic carbocycles. The Kier molecular flexibility index (Phi) is 5.92. The van der Waals surface area contributed by atoms with Gasteiger partial charge in [-0.25, -0.2) is 13.5 Å². The molecular weight excluding hydrogens is 497 g/mol. The summed E-state index contributed by atoms with van der Waals surface area (Å²) in [5, 5.41) is 7.05. The first-order valence-corrected chi connectivity index (χ1v) is 11.5. The van der Waals surface area contributed by atoms with Crippen LogP contribution in [-0.2, 0) is 11.0 Å². The summed E-state index contributed by atoms with van der Waals surface area (Å²) in [5.41, 5.74) is -1.02. The highest BCUT2D eigenvalue weighted by Crippen LogP contribution is 2.37. The van der Waals surface area contributed by atoms with Crippen molar-refractivity contribution in [2.75, 3.05) is 24.7 Å². The maximum Gasteiger partial charge on any atom is 0.419 e. The van der Waals surface area contributed by atoms with E-state index in [-0.39, 0.29) is 42.9 Å². The van der Waals surface area contributed by atoms with E-state index in [0.29, 0.717) is 30.3 Å². The SMILES string of the molecule is Cc1cc(C(=O)N2CCC3(CC2)C(=O)NCN3c2ccc(F)cc2)nn1-c1ccc(C(F)(F)F)c(F)c1. The molecule has 2 aliphatic heterocycles. The van der Waals surface area contributed by atoms with E-state index in [1.54, 1.807) is 24.0 Å². The molecule has 0 saturated carbocycles. The van der Waals surface area contributed by atoms with Gasteiger partial charge in [0, 0.05) is 30.5 Å². The van der Waals surface area contributed by atoms with Crippen molar-refractivity contribution in [3.05, 3.63) is 77.1 Å². The number of aromatic nitrogens is 2. The van der Waals surface area contributed by atoms with Gasteiger partial charge in [0.25, 0.3) is 5.91 Å². The molecule has 1 N–H and O–H groups in total. The lowest BCUT2D eigenvalue weighted by Crippen LogP contribution is -2.57. The number of carbonyl (C=O) groups is 2. The van der Waals surface area contributed by atoms with Crippen LogP contribution in [0.3, 0.4) is 0 Å². The summed E-state index contributed by atoms with van der Waals surface area (Å²) >= 11 is 0. The number of alkyl halides is 3. The number of likely N-dealkylation sites (tertiary alicyclic amines) is 1. The van der Waals surface area contributed by atoms with Crippen LogP contribution in [0.2, 0.25) is 0 Å². The lowest BCUT2D eigenvalue weighted by atomic mass is 9.85. The van der Waals surface area contributed by atoms with Gasteiger partial charge in [-0.3, -0.25) is 9.59 Å². The molecule has 37 heavy (non-hydrogen) atoms. The summed E-state index contributed by atoms with van der Waals surface area (Å²) in [6, 6.07) is 9.80. The number of nitrogens with zero attached hydrogens (tertiary/aromatic N) is 4. The van der Waals surface area contributed by atoms with Gasteiger partial charge in [-0.1, -0.05) is 0 Å². The number of anilines is 1. The molecule has 0 bridgehead atoms. The molecule has 0 aliphatic carbocycles. The van der Waals surface area contributed by atoms with E-state index in [1.807, 2.05) is 4.90 Å². The van der Waals surface area contributed by atoms with Crippen molar-refractivity contribution < 1.29 is 31.5 Å². The highest BCUT2D eigenvalue weighted by molar-refractivity contribution is 5.95. The van der Waals surface area contributed by atoms with Crippen molar-refractivity contribution in [1.82, 2.24) is 20.0 Å². The van der Waals surface area contributed by atoms with Crippen LogP contribution in [0.4, 0.5) is 27.6 Å². The minimum Gasteiger partial charge on any atom is -0.339 e. The summed E-state index contributed by atoms with van der Waals surface area (Å²) in [6.07, 6.45) is -4.14. The monoisotopic (exact) mass is 519 g/mol. The van der Waals surface area contributed by atoms with E-state index in [0.717, 1.165) is 12.1 Å². The van der Waals surface area contributed by atoms with Gasteiger partial charge in [0.1, 0.15) is 17.2 Å². The number of amides is 2. The van der Waals surface area contributed by atoms with Crippen LogP contribution in [-0.4, -0.2) is 51.8 Å². The predicted octanol–water partition coefficient (Wildman–Crippen LogP) is 4.05. The molecule has 7 nitrogen and oxygen atoms in total. The molecule has 12 heteroatoms. The number of piperidine rings is 1. The van der Waals surface area contributed by atoms with E-state index >= 15 is 0 Å². The molecule has 5 rings (SSSR count). The largest absolute Gasteiger partial charge is 0.419 e. The van der Waals surface area contributed by atoms with Crippen LogP contribution in [0.1, 0.15) is 34.6 Å². The van der Waals surface area contributed by atoms with Crippen LogP contribution in [0.5, 0.6) is 0 Å². The highest BCUT2D eigenvalue weighted by Gasteiger charge is 2.51. The zero-order chi connectivity index (χ0) is 26.5. The number of hydrogen-bond donors (Lipinski definition) is 1. The molecule has 1 aromatic heterocycles. The number of rotatable bonds is 3. The fourth-order valence-electron chi connectivity index (χ4n) is 4.99. The van der Waals surface area contributed by atoms with Gasteiger partial charge < -0.3 is 15.1 Å². The van der Waals surface area contributed by atoms with E-state index in [1.165, 1.54) is 22.9 Å². The molecule has 0 unspecified atom stereocenters. The maximum absolute atomic E-state index is 14.1. The molecule has 0 radical (unpaired) electrons. The van der Waals surface area contributed by atoms with E-state index in [9.17, 15) is 31.5 Å². The highest BCUT2D eigenvalue weighted by atomic mass is 19.4. The van der Waals surface area contributed by atoms with Crippen LogP contribution in [0, 0.1) is 18.6 Å². The lowest BCUT2D eigenvalue weighted by molar-refractivity contribution is -0.140. The summed E-state index contributed by atoms with van der Waals surface area (Å²) in [7, 11) is 0. The lowest BCUT2D eigenvalue weighted by Gasteiger charge is -2.43. The quantitative estimate of drug-likeness (QED) is 0.531. The number of aryl methyl sites for hydroxylation is 1. The molecule has 194 valence electrons. The topological polar surface area (TPSA) is 70.5 Å². The van der Waals surface area contributed by atoms with Gasteiger partial charge >= 0.3 is 6.18 Å². The number of hydrogen-bond acceptors (Lipinski definition) is 4. The number of benzene rings is 2. The summed E-state index contributed by atoms with van der Waals surface area (Å²) in [4.78, 5) is 29.5. The molecule has 3 aromatic rings. The summed E-state index contributed by atoms with van der Waals surface area (Å²) < 4.78 is 67.4. The average Bonchev–Trinajstić information content (AvgIpc) is 3.39. The number of halogens is 5. The van der Waals surface area contributed by atoms with Crippen molar-refractivity contribution >= 4 is 17.5 Å². The Balaban J connectivity index is 1.33. The molecular formula is C25H22F5N5O2. The van der Waals surface area contributed by atoms with Gasteiger partial charge in [-0.05, 0) is 62.2 Å². The van der Waals surface area contributed by atoms with Crippen molar-refractivity contribution in [3.8, 4) is 5.69 Å². The Morgan fingerprint density at radius 3 is 2.27 bits per heavy atom. The normalized spacial score (nSPS) is 17.4. The Bertz CT molecular complexity index is 1360. The summed E-state index contributed by atoms with van der Waals surface area (Å²) in [6.45, 7) is 2.38. The fourth-order valence-corrected chi connectivity index (χ4v) is 4.99. The average molecular weight is 519 g/mol. The Morgan fingerprint density at radius 1 is 1.00 bits per heavy atom. The van der Waals surface area contributed by atoms with E-state index < -0.39 is 29.0 Å². The zero-order valence-electron chi connectivity index (χ0n) is 19.6. The van der Waals surface area contributed by atoms with E-state index in [2.05, 4.69) is 10.4 Å². The molecule has 2 saturated heterocycles. The Hall–Kier alpha value is -3.96. The van der Waals surface area contributed by atoms with Gasteiger partial charge in [-0.2, -0.15) is 18.3 Å². The Morgan fingerprint density at radius 2 is 1.65 bits per heavy atom. The first kappa shape index (κ1) is 24.7. The zero-order valence-corrected chi connectivity index (χ0v) is 19.6.